The van der Waals surface area contributed by atoms with Gasteiger partial charge in [0.05, 0.1) is 0 Å². The molecule has 0 fully saturated rings. The van der Waals surface area contributed by atoms with Crippen LogP contribution in [0.5, 0.6) is 0 Å². The van der Waals surface area contributed by atoms with Crippen molar-refractivity contribution in [3.63, 3.8) is 0 Å². The van der Waals surface area contributed by atoms with Gasteiger partial charge in [0.15, 0.2) is 6.10 Å². The topological polar surface area (TPSA) is 78.9 Å². The largest absolute Gasteiger partial charge is 0.462 e. The molecule has 0 aromatic carbocycles. The van der Waals surface area contributed by atoms with E-state index in [1.54, 1.807) is 0 Å². The third-order valence-corrected chi connectivity index (χ3v) is 10.1. The smallest absolute Gasteiger partial charge is 0.306 e. The molecule has 6 heteroatoms. The first-order valence-corrected chi connectivity index (χ1v) is 22.5. The summed E-state index contributed by atoms with van der Waals surface area (Å²) in [5, 5.41) is 0. The Balaban J connectivity index is 4.23. The van der Waals surface area contributed by atoms with Crippen LogP contribution in [0.2, 0.25) is 0 Å². The molecule has 0 unspecified atom stereocenters. The second kappa shape index (κ2) is 41.2. The Labute approximate surface area is 317 Å². The van der Waals surface area contributed by atoms with E-state index in [4.69, 9.17) is 14.2 Å². The molecule has 0 aliphatic heterocycles. The highest BCUT2D eigenvalue weighted by Gasteiger charge is 2.19. The zero-order valence-electron chi connectivity index (χ0n) is 34.4. The van der Waals surface area contributed by atoms with E-state index < -0.39 is 6.10 Å². The summed E-state index contributed by atoms with van der Waals surface area (Å²) < 4.78 is 16.6. The van der Waals surface area contributed by atoms with Crippen molar-refractivity contribution < 1.29 is 28.6 Å². The van der Waals surface area contributed by atoms with Gasteiger partial charge in [-0.2, -0.15) is 0 Å². The second-order valence-electron chi connectivity index (χ2n) is 15.3. The van der Waals surface area contributed by atoms with Crippen LogP contribution in [0.15, 0.2) is 0 Å². The van der Waals surface area contributed by atoms with Crippen LogP contribution >= 0.6 is 0 Å². The van der Waals surface area contributed by atoms with E-state index >= 15 is 0 Å². The van der Waals surface area contributed by atoms with Gasteiger partial charge in [-0.3, -0.25) is 14.4 Å². The molecule has 51 heavy (non-hydrogen) atoms. The van der Waals surface area contributed by atoms with Crippen molar-refractivity contribution in [3.8, 4) is 0 Å². The molecule has 6 nitrogen and oxygen atoms in total. The van der Waals surface area contributed by atoms with E-state index in [9.17, 15) is 14.4 Å². The zero-order valence-corrected chi connectivity index (χ0v) is 34.4. The number of hydrogen-bond acceptors (Lipinski definition) is 6. The van der Waals surface area contributed by atoms with Crippen LogP contribution < -0.4 is 0 Å². The molecule has 0 aliphatic rings. The Kier molecular flexibility index (Phi) is 39.9. The van der Waals surface area contributed by atoms with Crippen molar-refractivity contribution in [2.24, 2.45) is 0 Å². The van der Waals surface area contributed by atoms with Crippen molar-refractivity contribution in [3.05, 3.63) is 0 Å². The summed E-state index contributed by atoms with van der Waals surface area (Å²) in [5.74, 6) is -0.859. The van der Waals surface area contributed by atoms with Crippen molar-refractivity contribution in [2.45, 2.75) is 258 Å². The Bertz CT molecular complexity index is 753. The lowest BCUT2D eigenvalue weighted by atomic mass is 10.0. The van der Waals surface area contributed by atoms with Gasteiger partial charge in [-0.1, -0.05) is 213 Å². The highest BCUT2D eigenvalue weighted by molar-refractivity contribution is 5.71. The van der Waals surface area contributed by atoms with Crippen LogP contribution in [-0.4, -0.2) is 37.2 Å². The van der Waals surface area contributed by atoms with Crippen LogP contribution in [-0.2, 0) is 28.6 Å². The molecular formula is C45H86O6. The quantitative estimate of drug-likeness (QED) is 0.0355. The minimum Gasteiger partial charge on any atom is -0.462 e. The van der Waals surface area contributed by atoms with Gasteiger partial charge in [-0.25, -0.2) is 0 Å². The molecule has 0 saturated heterocycles. The molecule has 0 aliphatic carbocycles. The SMILES string of the molecule is CCCCCCCCCCCCCCCCC(=O)OC[C@H](COC(=O)CCCCCCCCCCCCCC)OC(=O)CCCCCCCCC. The molecule has 0 heterocycles. The predicted octanol–water partition coefficient (Wildman–Crippen LogP) is 14.1. The number of esters is 3. The molecule has 1 atom stereocenters. The molecule has 0 N–H and O–H groups in total. The minimum absolute atomic E-state index is 0.0634. The van der Waals surface area contributed by atoms with Gasteiger partial charge in [0.2, 0.25) is 0 Å². The molecule has 0 aromatic heterocycles. The molecule has 0 amide bonds. The highest BCUT2D eigenvalue weighted by atomic mass is 16.6. The molecule has 0 rings (SSSR count). The summed E-state index contributed by atoms with van der Waals surface area (Å²) in [4.78, 5) is 37.5. The monoisotopic (exact) mass is 723 g/mol. The molecule has 0 saturated carbocycles. The number of unbranched alkanes of at least 4 members (excludes halogenated alkanes) is 30. The summed E-state index contributed by atoms with van der Waals surface area (Å²) in [6, 6.07) is 0. The van der Waals surface area contributed by atoms with Gasteiger partial charge >= 0.3 is 17.9 Å². The normalized spacial score (nSPS) is 11.8. The minimum atomic E-state index is -0.756. The van der Waals surface area contributed by atoms with Gasteiger partial charge in [-0.15, -0.1) is 0 Å². The van der Waals surface area contributed by atoms with Crippen LogP contribution in [0.1, 0.15) is 252 Å². The number of carbonyl (C=O) groups is 3. The highest BCUT2D eigenvalue weighted by Crippen LogP contribution is 2.15. The standard InChI is InChI=1S/C45H86O6/c1-4-7-10-13-16-18-20-22-23-25-27-30-32-35-38-44(47)50-41-42(51-45(48)39-36-33-28-15-12-9-6-3)40-49-43(46)37-34-31-29-26-24-21-19-17-14-11-8-5-2/h42H,4-41H2,1-3H3/t42-/m0/s1. The number of hydrogen-bond donors (Lipinski definition) is 0. The Hall–Kier alpha value is -1.59. The molecule has 0 aromatic rings. The van der Waals surface area contributed by atoms with Crippen molar-refractivity contribution in [1.82, 2.24) is 0 Å². The summed E-state index contributed by atoms with van der Waals surface area (Å²) >= 11 is 0. The van der Waals surface area contributed by atoms with E-state index in [1.807, 2.05) is 0 Å². The van der Waals surface area contributed by atoms with Crippen molar-refractivity contribution in [2.75, 3.05) is 13.2 Å². The van der Waals surface area contributed by atoms with Gasteiger partial charge < -0.3 is 14.2 Å². The number of rotatable bonds is 41. The summed E-state index contributed by atoms with van der Waals surface area (Å²) in [6.45, 7) is 6.61. The van der Waals surface area contributed by atoms with E-state index in [0.717, 1.165) is 57.8 Å². The van der Waals surface area contributed by atoms with Crippen LogP contribution in [0.25, 0.3) is 0 Å². The number of ether oxygens (including phenoxy) is 3. The summed E-state index contributed by atoms with van der Waals surface area (Å²) in [7, 11) is 0. The van der Waals surface area contributed by atoms with Crippen molar-refractivity contribution >= 4 is 17.9 Å². The van der Waals surface area contributed by atoms with E-state index in [1.165, 1.54) is 154 Å². The van der Waals surface area contributed by atoms with E-state index in [-0.39, 0.29) is 31.1 Å². The van der Waals surface area contributed by atoms with Crippen molar-refractivity contribution in [1.29, 1.82) is 0 Å². The van der Waals surface area contributed by atoms with Gasteiger partial charge in [0.25, 0.3) is 0 Å². The van der Waals surface area contributed by atoms with Crippen LogP contribution in [0, 0.1) is 0 Å². The molecular weight excluding hydrogens is 636 g/mol. The first-order chi connectivity index (χ1) is 25.0. The lowest BCUT2D eigenvalue weighted by Crippen LogP contribution is -2.30. The number of carbonyl (C=O) groups excluding carboxylic acids is 3. The second-order valence-corrected chi connectivity index (χ2v) is 15.3. The third kappa shape index (κ3) is 39.5. The molecule has 0 spiro atoms. The van der Waals surface area contributed by atoms with Crippen LogP contribution in [0.3, 0.4) is 0 Å². The zero-order chi connectivity index (χ0) is 37.3. The van der Waals surface area contributed by atoms with Gasteiger partial charge in [0.1, 0.15) is 13.2 Å². The third-order valence-electron chi connectivity index (χ3n) is 10.1. The Morgan fingerprint density at radius 1 is 0.314 bits per heavy atom. The Morgan fingerprint density at radius 2 is 0.529 bits per heavy atom. The first kappa shape index (κ1) is 49.4. The maximum Gasteiger partial charge on any atom is 0.306 e. The first-order valence-electron chi connectivity index (χ1n) is 22.5. The maximum atomic E-state index is 12.6. The maximum absolute atomic E-state index is 12.6. The fraction of sp³-hybridized carbons (Fsp3) is 0.933. The average Bonchev–Trinajstić information content (AvgIpc) is 3.12. The fourth-order valence-corrected chi connectivity index (χ4v) is 6.68. The molecule has 0 bridgehead atoms. The lowest BCUT2D eigenvalue weighted by Gasteiger charge is -2.18. The van der Waals surface area contributed by atoms with E-state index in [0.29, 0.717) is 19.3 Å². The molecule has 302 valence electrons. The van der Waals surface area contributed by atoms with Gasteiger partial charge in [0, 0.05) is 19.3 Å². The predicted molar refractivity (Wildman–Crippen MR) is 215 cm³/mol. The lowest BCUT2D eigenvalue weighted by molar-refractivity contribution is -0.167. The summed E-state index contributed by atoms with van der Waals surface area (Å²) in [5.41, 5.74) is 0. The Morgan fingerprint density at radius 3 is 0.784 bits per heavy atom. The fourth-order valence-electron chi connectivity index (χ4n) is 6.68. The van der Waals surface area contributed by atoms with Crippen LogP contribution in [0.4, 0.5) is 0 Å². The average molecular weight is 723 g/mol. The van der Waals surface area contributed by atoms with E-state index in [2.05, 4.69) is 20.8 Å². The summed E-state index contributed by atoms with van der Waals surface area (Å²) in [6.07, 6.45) is 40.9. The van der Waals surface area contributed by atoms with Gasteiger partial charge in [-0.05, 0) is 19.3 Å². The molecule has 0 radical (unpaired) electrons.